The van der Waals surface area contributed by atoms with Crippen LogP contribution in [0.1, 0.15) is 126 Å². The van der Waals surface area contributed by atoms with Gasteiger partial charge in [-0.3, -0.25) is 39.1 Å². The molecule has 290 valence electrons. The second-order valence-corrected chi connectivity index (χ2v) is 17.5. The number of hydrogen-bond donors (Lipinski definition) is 2. The molecule has 14 heteroatoms. The first-order valence-corrected chi connectivity index (χ1v) is 19.6. The van der Waals surface area contributed by atoms with Crippen molar-refractivity contribution in [2.24, 2.45) is 16.7 Å². The fraction of sp³-hybridized carbons (Fsp3) is 0.476. The van der Waals surface area contributed by atoms with Crippen molar-refractivity contribution in [1.82, 2.24) is 30.4 Å². The number of fused-ring (bicyclic) bond motifs is 2. The molecule has 3 aromatic rings. The van der Waals surface area contributed by atoms with Gasteiger partial charge >= 0.3 is 0 Å². The fourth-order valence-electron chi connectivity index (χ4n) is 10.0. The molecular formula is C42H44ClN7O6. The zero-order valence-electron chi connectivity index (χ0n) is 31.9. The van der Waals surface area contributed by atoms with Crippen LogP contribution in [0, 0.1) is 28.1 Å². The second-order valence-electron chi connectivity index (χ2n) is 17.1. The van der Waals surface area contributed by atoms with Gasteiger partial charge in [-0.2, -0.15) is 5.26 Å². The molecule has 0 bridgehead atoms. The zero-order valence-corrected chi connectivity index (χ0v) is 32.6. The maximum atomic E-state index is 13.4. The van der Waals surface area contributed by atoms with E-state index in [1.807, 2.05) is 12.1 Å². The number of imide groups is 2. The second kappa shape index (κ2) is 14.1. The lowest BCUT2D eigenvalue weighted by Gasteiger charge is -2.63. The number of amides is 5. The summed E-state index contributed by atoms with van der Waals surface area (Å²) < 4.78 is 6.35. The summed E-state index contributed by atoms with van der Waals surface area (Å²) in [5.74, 6) is -0.165. The Bertz CT molecular complexity index is 2150. The van der Waals surface area contributed by atoms with Gasteiger partial charge in [0.2, 0.25) is 11.8 Å². The molecule has 56 heavy (non-hydrogen) atoms. The number of halogens is 1. The van der Waals surface area contributed by atoms with E-state index >= 15 is 0 Å². The van der Waals surface area contributed by atoms with E-state index in [2.05, 4.69) is 59.3 Å². The van der Waals surface area contributed by atoms with Crippen molar-refractivity contribution in [3.63, 3.8) is 0 Å². The van der Waals surface area contributed by atoms with E-state index in [-0.39, 0.29) is 36.8 Å². The van der Waals surface area contributed by atoms with Gasteiger partial charge in [0.25, 0.3) is 17.7 Å². The summed E-state index contributed by atoms with van der Waals surface area (Å²) in [7, 11) is 0. The number of carbonyl (C=O) groups is 5. The Labute approximate surface area is 330 Å². The van der Waals surface area contributed by atoms with Crippen molar-refractivity contribution in [3.8, 4) is 11.8 Å². The van der Waals surface area contributed by atoms with Crippen LogP contribution in [0.3, 0.4) is 0 Å². The van der Waals surface area contributed by atoms with Crippen LogP contribution in [0.25, 0.3) is 0 Å². The van der Waals surface area contributed by atoms with Crippen LogP contribution in [-0.4, -0.2) is 74.0 Å². The highest BCUT2D eigenvalue weighted by Gasteiger charge is 2.64. The van der Waals surface area contributed by atoms with Crippen molar-refractivity contribution in [2.45, 2.75) is 103 Å². The lowest BCUT2D eigenvalue weighted by molar-refractivity contribution is -0.164. The van der Waals surface area contributed by atoms with Crippen LogP contribution in [0.4, 0.5) is 0 Å². The molecular weight excluding hydrogens is 734 g/mol. The third-order valence-corrected chi connectivity index (χ3v) is 13.0. The van der Waals surface area contributed by atoms with Crippen LogP contribution in [0.5, 0.6) is 5.75 Å². The van der Waals surface area contributed by atoms with E-state index in [4.69, 9.17) is 16.3 Å². The molecule has 1 unspecified atom stereocenters. The summed E-state index contributed by atoms with van der Waals surface area (Å²) in [5, 5.41) is 15.0. The molecule has 5 aliphatic rings. The van der Waals surface area contributed by atoms with Gasteiger partial charge in [0, 0.05) is 67.3 Å². The van der Waals surface area contributed by atoms with Gasteiger partial charge in [0.15, 0.2) is 0 Å². The van der Waals surface area contributed by atoms with Crippen molar-refractivity contribution >= 4 is 41.1 Å². The smallest absolute Gasteiger partial charge is 0.262 e. The summed E-state index contributed by atoms with van der Waals surface area (Å²) >= 11 is 6.24. The molecule has 8 rings (SSSR count). The molecule has 1 atom stereocenters. The number of hydrogen-bond acceptors (Lipinski definition) is 10. The van der Waals surface area contributed by atoms with Crippen molar-refractivity contribution in [1.29, 1.82) is 5.26 Å². The summed E-state index contributed by atoms with van der Waals surface area (Å²) in [6.07, 6.45) is 7.17. The molecule has 13 nitrogen and oxygen atoms in total. The zero-order chi connectivity index (χ0) is 39.7. The Morgan fingerprint density at radius 2 is 1.57 bits per heavy atom. The molecule has 0 spiro atoms. The Morgan fingerprint density at radius 3 is 2.14 bits per heavy atom. The number of benzene rings is 2. The van der Waals surface area contributed by atoms with E-state index in [0.29, 0.717) is 52.0 Å². The standard InChI is InChI=1S/C42H44ClN7O6/c1-41(2)39(42(3,4)40(41)56-28-10-9-24(16-44)31(43)15-28)48-35(52)27-17-45-34(46-18-27)23-7-5-22(6-8-23)19-49-20-25-13-29-30(14-26(25)21-49)38(55)50(37(29)54)32-11-12-33(51)47-36(32)53/h9-10,13-15,17-18,22-23,32,39-40H,5-8,11-12,19-21H2,1-4H3,(H,48,52)(H,47,51,53)/t22-,23-,32?,39-,40-. The van der Waals surface area contributed by atoms with Gasteiger partial charge in [-0.1, -0.05) is 39.3 Å². The highest BCUT2D eigenvalue weighted by Crippen LogP contribution is 2.55. The third-order valence-electron chi connectivity index (χ3n) is 12.6. The molecule has 2 aliphatic carbocycles. The Morgan fingerprint density at radius 1 is 0.946 bits per heavy atom. The number of aromatic nitrogens is 2. The minimum Gasteiger partial charge on any atom is -0.489 e. The summed E-state index contributed by atoms with van der Waals surface area (Å²) in [6, 6.07) is 9.56. The molecule has 2 N–H and O–H groups in total. The lowest BCUT2D eigenvalue weighted by atomic mass is 9.49. The Hall–Kier alpha value is -5.19. The number of ether oxygens (including phenoxy) is 1. The molecule has 5 amide bonds. The van der Waals surface area contributed by atoms with Crippen molar-refractivity contribution in [2.75, 3.05) is 6.54 Å². The molecule has 0 radical (unpaired) electrons. The minimum absolute atomic E-state index is 0.0897. The molecule has 1 aromatic heterocycles. The van der Waals surface area contributed by atoms with Gasteiger partial charge in [-0.15, -0.1) is 0 Å². The van der Waals surface area contributed by atoms with Crippen LogP contribution in [0.15, 0.2) is 42.7 Å². The van der Waals surface area contributed by atoms with Crippen LogP contribution in [0.2, 0.25) is 5.02 Å². The van der Waals surface area contributed by atoms with E-state index < -0.39 is 40.5 Å². The summed E-state index contributed by atoms with van der Waals surface area (Å²) in [5.41, 5.74) is 2.70. The third kappa shape index (κ3) is 6.52. The first kappa shape index (κ1) is 37.7. The lowest BCUT2D eigenvalue weighted by Crippen LogP contribution is -2.74. The van der Waals surface area contributed by atoms with Crippen LogP contribution >= 0.6 is 11.6 Å². The highest BCUT2D eigenvalue weighted by molar-refractivity contribution is 6.31. The average molecular weight is 778 g/mol. The largest absolute Gasteiger partial charge is 0.489 e. The van der Waals surface area contributed by atoms with Gasteiger partial charge in [-0.05, 0) is 73.4 Å². The Kier molecular flexibility index (Phi) is 9.48. The predicted octanol–water partition coefficient (Wildman–Crippen LogP) is 5.30. The minimum atomic E-state index is -0.971. The molecule has 4 heterocycles. The van der Waals surface area contributed by atoms with Crippen LogP contribution < -0.4 is 15.4 Å². The van der Waals surface area contributed by atoms with E-state index in [0.717, 1.165) is 54.1 Å². The number of rotatable bonds is 8. The fourth-order valence-corrected chi connectivity index (χ4v) is 10.2. The normalized spacial score (nSPS) is 26.5. The number of nitriles is 1. The first-order chi connectivity index (χ1) is 26.6. The van der Waals surface area contributed by atoms with Crippen LogP contribution in [-0.2, 0) is 22.7 Å². The monoisotopic (exact) mass is 777 g/mol. The van der Waals surface area contributed by atoms with Gasteiger partial charge in [0.1, 0.15) is 29.8 Å². The number of nitrogens with zero attached hydrogens (tertiary/aromatic N) is 5. The Balaban J connectivity index is 0.822. The summed E-state index contributed by atoms with van der Waals surface area (Å²) in [6.45, 7) is 10.5. The topological polar surface area (TPSA) is 175 Å². The quantitative estimate of drug-likeness (QED) is 0.286. The average Bonchev–Trinajstić information content (AvgIpc) is 3.67. The van der Waals surface area contributed by atoms with Crippen molar-refractivity contribution in [3.05, 3.63) is 87.0 Å². The van der Waals surface area contributed by atoms with Gasteiger partial charge in [0.05, 0.1) is 27.3 Å². The van der Waals surface area contributed by atoms with E-state index in [9.17, 15) is 29.2 Å². The molecule has 1 saturated heterocycles. The maximum absolute atomic E-state index is 13.4. The predicted molar refractivity (Wildman–Crippen MR) is 203 cm³/mol. The molecule has 2 aromatic carbocycles. The number of piperidine rings is 1. The van der Waals surface area contributed by atoms with E-state index in [1.54, 1.807) is 30.6 Å². The molecule has 3 fully saturated rings. The highest BCUT2D eigenvalue weighted by atomic mass is 35.5. The molecule has 2 saturated carbocycles. The van der Waals surface area contributed by atoms with E-state index in [1.165, 1.54) is 0 Å². The number of nitrogens with one attached hydrogen (secondary N) is 2. The summed E-state index contributed by atoms with van der Waals surface area (Å²) in [4.78, 5) is 76.7. The van der Waals surface area contributed by atoms with Gasteiger partial charge in [-0.25, -0.2) is 9.97 Å². The van der Waals surface area contributed by atoms with Crippen molar-refractivity contribution < 1.29 is 28.7 Å². The maximum Gasteiger partial charge on any atom is 0.262 e. The molecule has 3 aliphatic heterocycles. The van der Waals surface area contributed by atoms with Gasteiger partial charge < -0.3 is 10.1 Å². The SMILES string of the molecule is CC1(C)[C@H](NC(=O)c2cnc([C@H]3CC[C@H](CN4Cc5cc6c(cc5C4)C(=O)N(C4CCC(=O)NC4=O)C6=O)CC3)nc2)C(C)(C)[C@H]1Oc1ccc(C#N)c(Cl)c1. The first-order valence-electron chi connectivity index (χ1n) is 19.2. The number of carbonyl (C=O) groups excluding carboxylic acids is 5.